The van der Waals surface area contributed by atoms with Crippen molar-refractivity contribution in [2.75, 3.05) is 13.2 Å². The standard InChI is InChI=1S/C34H64O4Si2/c1-24-15-16-29-28(23-37-40(13,14)32(6,7)8)30(18-20-33(24,29)9)34(10)19-17-27(38-25(2)35)21-26(34)22-36-39(11,12)31(3,4)5/h26-30H,1,15-23H2,2-14H3/t26?,27?,28-,29-,30-,33+,34?/m0/s1. The molecule has 3 aliphatic carbocycles. The molecule has 0 N–H and O–H groups in total. The summed E-state index contributed by atoms with van der Waals surface area (Å²) in [6.07, 6.45) is 7.81. The molecule has 0 radical (unpaired) electrons. The molecular weight excluding hydrogens is 529 g/mol. The van der Waals surface area contributed by atoms with Crippen molar-refractivity contribution in [3.05, 3.63) is 12.2 Å². The Balaban J connectivity index is 1.97. The van der Waals surface area contributed by atoms with Crippen molar-refractivity contribution in [1.29, 1.82) is 0 Å². The minimum Gasteiger partial charge on any atom is -0.463 e. The Morgan fingerprint density at radius 2 is 1.43 bits per heavy atom. The second kappa shape index (κ2) is 11.6. The van der Waals surface area contributed by atoms with Gasteiger partial charge in [-0.25, -0.2) is 0 Å². The molecule has 0 aromatic rings. The summed E-state index contributed by atoms with van der Waals surface area (Å²) in [4.78, 5) is 12.0. The van der Waals surface area contributed by atoms with Gasteiger partial charge in [-0.2, -0.15) is 0 Å². The molecule has 0 aliphatic heterocycles. The number of hydrogen-bond acceptors (Lipinski definition) is 4. The normalized spacial score (nSPS) is 35.9. The molecule has 232 valence electrons. The van der Waals surface area contributed by atoms with Gasteiger partial charge < -0.3 is 13.6 Å². The van der Waals surface area contributed by atoms with Crippen LogP contribution in [0.2, 0.25) is 36.3 Å². The fourth-order valence-electron chi connectivity index (χ4n) is 7.76. The van der Waals surface area contributed by atoms with Crippen LogP contribution in [0.4, 0.5) is 0 Å². The van der Waals surface area contributed by atoms with E-state index in [1.54, 1.807) is 6.92 Å². The number of rotatable bonds is 8. The number of carbonyl (C=O) groups excluding carboxylic acids is 1. The van der Waals surface area contributed by atoms with Crippen LogP contribution in [0.5, 0.6) is 0 Å². The lowest BCUT2D eigenvalue weighted by atomic mass is 9.49. The Hall–Kier alpha value is -0.436. The quantitative estimate of drug-likeness (QED) is 0.160. The summed E-state index contributed by atoms with van der Waals surface area (Å²) in [7, 11) is -3.80. The molecule has 6 heteroatoms. The van der Waals surface area contributed by atoms with Crippen molar-refractivity contribution in [2.45, 2.75) is 150 Å². The van der Waals surface area contributed by atoms with E-state index in [2.05, 4.69) is 88.2 Å². The highest BCUT2D eigenvalue weighted by molar-refractivity contribution is 6.74. The van der Waals surface area contributed by atoms with Gasteiger partial charge in [0.15, 0.2) is 16.6 Å². The van der Waals surface area contributed by atoms with Crippen molar-refractivity contribution in [3.8, 4) is 0 Å². The first-order chi connectivity index (χ1) is 18.1. The van der Waals surface area contributed by atoms with E-state index in [1.165, 1.54) is 24.8 Å². The van der Waals surface area contributed by atoms with Crippen LogP contribution in [0.25, 0.3) is 0 Å². The van der Waals surface area contributed by atoms with Crippen LogP contribution in [-0.2, 0) is 18.4 Å². The van der Waals surface area contributed by atoms with Gasteiger partial charge in [-0.1, -0.05) is 67.5 Å². The maximum absolute atomic E-state index is 12.0. The van der Waals surface area contributed by atoms with Crippen molar-refractivity contribution >= 4 is 22.6 Å². The Kier molecular flexibility index (Phi) is 9.86. The first-order valence-electron chi connectivity index (χ1n) is 16.2. The molecule has 3 saturated carbocycles. The number of carbonyl (C=O) groups is 1. The zero-order valence-corrected chi connectivity index (χ0v) is 30.6. The number of fused-ring (bicyclic) bond motifs is 1. The Bertz CT molecular complexity index is 929. The lowest BCUT2D eigenvalue weighted by Gasteiger charge is -2.57. The summed E-state index contributed by atoms with van der Waals surface area (Å²) in [5.41, 5.74) is 1.83. The summed E-state index contributed by atoms with van der Waals surface area (Å²) in [5, 5.41) is 0.370. The lowest BCUT2D eigenvalue weighted by molar-refractivity contribution is -0.155. The van der Waals surface area contributed by atoms with E-state index in [0.29, 0.717) is 23.7 Å². The molecule has 3 fully saturated rings. The Labute approximate surface area is 250 Å². The third-order valence-corrected chi connectivity index (χ3v) is 22.0. The Morgan fingerprint density at radius 3 is 1.95 bits per heavy atom. The zero-order chi connectivity index (χ0) is 30.5. The lowest BCUT2D eigenvalue weighted by Crippen LogP contribution is -2.54. The molecule has 40 heavy (non-hydrogen) atoms. The number of esters is 1. The fourth-order valence-corrected chi connectivity index (χ4v) is 9.85. The smallest absolute Gasteiger partial charge is 0.302 e. The van der Waals surface area contributed by atoms with Crippen molar-refractivity contribution in [1.82, 2.24) is 0 Å². The van der Waals surface area contributed by atoms with E-state index in [4.69, 9.17) is 13.6 Å². The largest absolute Gasteiger partial charge is 0.463 e. The van der Waals surface area contributed by atoms with Gasteiger partial charge >= 0.3 is 5.97 Å². The maximum Gasteiger partial charge on any atom is 0.302 e. The van der Waals surface area contributed by atoms with E-state index >= 15 is 0 Å². The molecule has 0 saturated heterocycles. The Morgan fingerprint density at radius 1 is 0.875 bits per heavy atom. The van der Waals surface area contributed by atoms with Gasteiger partial charge in [0.2, 0.25) is 0 Å². The molecule has 7 atom stereocenters. The second-order valence-electron chi connectivity index (χ2n) is 17.3. The predicted octanol–water partition coefficient (Wildman–Crippen LogP) is 9.77. The third kappa shape index (κ3) is 6.70. The van der Waals surface area contributed by atoms with Crippen LogP contribution in [0.15, 0.2) is 12.2 Å². The van der Waals surface area contributed by atoms with Crippen LogP contribution >= 0.6 is 0 Å². The topological polar surface area (TPSA) is 44.8 Å². The van der Waals surface area contributed by atoms with E-state index in [-0.39, 0.29) is 33.0 Å². The maximum atomic E-state index is 12.0. The second-order valence-corrected chi connectivity index (χ2v) is 26.9. The minimum atomic E-state index is -1.91. The first-order valence-corrected chi connectivity index (χ1v) is 22.0. The summed E-state index contributed by atoms with van der Waals surface area (Å²) in [6, 6.07) is 0. The average molecular weight is 593 g/mol. The summed E-state index contributed by atoms with van der Waals surface area (Å²) >= 11 is 0. The van der Waals surface area contributed by atoms with Gasteiger partial charge in [-0.3, -0.25) is 4.79 Å². The van der Waals surface area contributed by atoms with Crippen LogP contribution in [0, 0.1) is 34.5 Å². The van der Waals surface area contributed by atoms with Crippen molar-refractivity contribution in [2.24, 2.45) is 34.5 Å². The van der Waals surface area contributed by atoms with Crippen LogP contribution in [0.1, 0.15) is 107 Å². The van der Waals surface area contributed by atoms with Gasteiger partial charge in [0.05, 0.1) is 0 Å². The molecule has 0 heterocycles. The molecular formula is C34H64O4Si2. The highest BCUT2D eigenvalue weighted by Crippen LogP contribution is 2.64. The fraction of sp³-hybridized carbons (Fsp3) is 0.912. The number of ether oxygens (including phenoxy) is 1. The molecule has 0 spiro atoms. The number of allylic oxidation sites excluding steroid dienone is 1. The molecule has 0 aromatic heterocycles. The monoisotopic (exact) mass is 592 g/mol. The molecule has 3 rings (SSSR count). The molecule has 0 aromatic carbocycles. The zero-order valence-electron chi connectivity index (χ0n) is 28.6. The van der Waals surface area contributed by atoms with Crippen LogP contribution < -0.4 is 0 Å². The van der Waals surface area contributed by atoms with Crippen LogP contribution in [0.3, 0.4) is 0 Å². The van der Waals surface area contributed by atoms with E-state index in [9.17, 15) is 4.79 Å². The summed E-state index contributed by atoms with van der Waals surface area (Å²) in [5.74, 6) is 1.95. The summed E-state index contributed by atoms with van der Waals surface area (Å²) in [6.45, 7) is 36.4. The van der Waals surface area contributed by atoms with Gasteiger partial charge in [0.1, 0.15) is 6.10 Å². The highest BCUT2D eigenvalue weighted by Gasteiger charge is 2.58. The molecule has 0 amide bonds. The van der Waals surface area contributed by atoms with E-state index < -0.39 is 16.6 Å². The SMILES string of the molecule is C=C1CC[C@H]2[C@H](CO[Si](C)(C)C(C)(C)C)[C@@H](C3(C)CCC(OC(C)=O)CC3CO[Si](C)(C)C(C)(C)C)CC[C@]12C. The minimum absolute atomic E-state index is 0.000590. The van der Waals surface area contributed by atoms with Gasteiger partial charge in [-0.05, 0) is 116 Å². The highest BCUT2D eigenvalue weighted by atomic mass is 28.4. The van der Waals surface area contributed by atoms with Gasteiger partial charge in [-0.15, -0.1) is 0 Å². The number of hydrogen-bond donors (Lipinski definition) is 0. The van der Waals surface area contributed by atoms with E-state index in [0.717, 1.165) is 38.9 Å². The van der Waals surface area contributed by atoms with Gasteiger partial charge in [0, 0.05) is 20.1 Å². The molecule has 3 unspecified atom stereocenters. The third-order valence-electron chi connectivity index (χ3n) is 13.0. The first kappa shape index (κ1) is 34.1. The van der Waals surface area contributed by atoms with E-state index in [1.807, 2.05) is 0 Å². The molecule has 0 bridgehead atoms. The predicted molar refractivity (Wildman–Crippen MR) is 173 cm³/mol. The van der Waals surface area contributed by atoms with Crippen LogP contribution in [-0.4, -0.2) is 41.9 Å². The molecule has 4 nitrogen and oxygen atoms in total. The average Bonchev–Trinajstić information content (AvgIpc) is 3.10. The van der Waals surface area contributed by atoms with Gasteiger partial charge in [0.25, 0.3) is 0 Å². The van der Waals surface area contributed by atoms with Crippen molar-refractivity contribution in [3.63, 3.8) is 0 Å². The van der Waals surface area contributed by atoms with Crippen molar-refractivity contribution < 1.29 is 18.4 Å². The summed E-state index contributed by atoms with van der Waals surface area (Å²) < 4.78 is 19.9. The molecule has 3 aliphatic rings.